The van der Waals surface area contributed by atoms with Crippen molar-refractivity contribution < 1.29 is 9.53 Å². The Morgan fingerprint density at radius 2 is 1.72 bits per heavy atom. The van der Waals surface area contributed by atoms with E-state index in [0.717, 1.165) is 12.0 Å². The predicted molar refractivity (Wildman–Crippen MR) is 101 cm³/mol. The van der Waals surface area contributed by atoms with Crippen molar-refractivity contribution in [2.75, 3.05) is 0 Å². The number of ether oxygens (including phenoxy) is 1. The van der Waals surface area contributed by atoms with Gasteiger partial charge in [0, 0.05) is 5.02 Å². The van der Waals surface area contributed by atoms with Crippen molar-refractivity contribution in [3.05, 3.63) is 64.2 Å². The lowest BCUT2D eigenvalue weighted by atomic mass is 9.89. The molecular weight excluding hydrogens is 334 g/mol. The lowest BCUT2D eigenvalue weighted by Gasteiger charge is -2.21. The number of rotatable bonds is 5. The van der Waals surface area contributed by atoms with E-state index >= 15 is 0 Å². The van der Waals surface area contributed by atoms with Crippen LogP contribution in [0.1, 0.15) is 49.4 Å². The van der Waals surface area contributed by atoms with E-state index in [4.69, 9.17) is 16.3 Å². The van der Waals surface area contributed by atoms with Gasteiger partial charge in [0.25, 0.3) is 5.91 Å². The number of carbonyl (C=O) groups is 1. The fourth-order valence-corrected chi connectivity index (χ4v) is 3.33. The Labute approximate surface area is 154 Å². The van der Waals surface area contributed by atoms with Gasteiger partial charge in [0.05, 0.1) is 6.04 Å². The molecule has 0 fully saturated rings. The van der Waals surface area contributed by atoms with E-state index < -0.39 is 6.10 Å². The van der Waals surface area contributed by atoms with Gasteiger partial charge in [-0.15, -0.1) is 0 Å². The van der Waals surface area contributed by atoms with Crippen LogP contribution in [0.2, 0.25) is 5.02 Å². The van der Waals surface area contributed by atoms with Crippen LogP contribution in [0.4, 0.5) is 0 Å². The van der Waals surface area contributed by atoms with Crippen LogP contribution in [0.5, 0.6) is 5.75 Å². The third-order valence-corrected chi connectivity index (χ3v) is 4.98. The molecule has 0 aliphatic heterocycles. The zero-order chi connectivity index (χ0) is 17.8. The molecule has 2 aromatic carbocycles. The van der Waals surface area contributed by atoms with Crippen molar-refractivity contribution in [3.8, 4) is 5.75 Å². The monoisotopic (exact) mass is 357 g/mol. The summed E-state index contributed by atoms with van der Waals surface area (Å²) in [6.07, 6.45) is 4.27. The number of fused-ring (bicyclic) bond motifs is 1. The van der Waals surface area contributed by atoms with Gasteiger partial charge in [0.1, 0.15) is 5.75 Å². The van der Waals surface area contributed by atoms with Crippen molar-refractivity contribution in [1.29, 1.82) is 0 Å². The minimum Gasteiger partial charge on any atom is -0.481 e. The Hall–Kier alpha value is -2.00. The zero-order valence-electron chi connectivity index (χ0n) is 14.7. The quantitative estimate of drug-likeness (QED) is 0.829. The minimum absolute atomic E-state index is 0.0454. The summed E-state index contributed by atoms with van der Waals surface area (Å²) in [7, 11) is 0. The van der Waals surface area contributed by atoms with Crippen molar-refractivity contribution in [2.24, 2.45) is 0 Å². The molecule has 3 rings (SSSR count). The molecule has 0 radical (unpaired) electrons. The van der Waals surface area contributed by atoms with Crippen LogP contribution in [-0.2, 0) is 17.6 Å². The number of benzene rings is 2. The molecule has 2 aromatic rings. The van der Waals surface area contributed by atoms with E-state index in [1.165, 1.54) is 30.4 Å². The van der Waals surface area contributed by atoms with Crippen LogP contribution in [0.25, 0.3) is 0 Å². The number of aryl methyl sites for hydroxylation is 2. The molecule has 3 nitrogen and oxygen atoms in total. The van der Waals surface area contributed by atoms with E-state index in [2.05, 4.69) is 23.5 Å². The Morgan fingerprint density at radius 1 is 1.04 bits per heavy atom. The zero-order valence-corrected chi connectivity index (χ0v) is 15.5. The second-order valence-corrected chi connectivity index (χ2v) is 7.12. The highest BCUT2D eigenvalue weighted by Crippen LogP contribution is 2.25. The molecule has 4 heteroatoms. The van der Waals surface area contributed by atoms with Crippen molar-refractivity contribution >= 4 is 17.5 Å². The molecule has 132 valence electrons. The predicted octanol–water partition coefficient (Wildman–Crippen LogP) is 4.86. The summed E-state index contributed by atoms with van der Waals surface area (Å²) in [6.45, 7) is 3.76. The number of nitrogens with one attached hydrogen (secondary N) is 1. The molecule has 0 saturated carbocycles. The minimum atomic E-state index is -0.568. The standard InChI is InChI=1S/C21H24ClNO2/c1-14(17-8-7-16-5-3-4-6-18(16)13-17)23-21(24)15(2)25-20-11-9-19(22)10-12-20/h7-15H,3-6H2,1-2H3,(H,23,24)/t14-,15+/m0/s1. The van der Waals surface area contributed by atoms with Crippen LogP contribution in [0.15, 0.2) is 42.5 Å². The van der Waals surface area contributed by atoms with Gasteiger partial charge in [-0.3, -0.25) is 4.79 Å². The van der Waals surface area contributed by atoms with E-state index in [1.54, 1.807) is 31.2 Å². The molecule has 0 aromatic heterocycles. The van der Waals surface area contributed by atoms with Gasteiger partial charge in [0.15, 0.2) is 6.10 Å². The van der Waals surface area contributed by atoms with Gasteiger partial charge in [0.2, 0.25) is 0 Å². The topological polar surface area (TPSA) is 38.3 Å². The maximum atomic E-state index is 12.4. The Balaban J connectivity index is 1.60. The average Bonchev–Trinajstić information content (AvgIpc) is 2.63. The lowest BCUT2D eigenvalue weighted by Crippen LogP contribution is -2.37. The van der Waals surface area contributed by atoms with Crippen LogP contribution >= 0.6 is 11.6 Å². The number of halogens is 1. The molecule has 25 heavy (non-hydrogen) atoms. The maximum absolute atomic E-state index is 12.4. The molecular formula is C21H24ClNO2. The van der Waals surface area contributed by atoms with Crippen molar-refractivity contribution in [2.45, 2.75) is 51.7 Å². The van der Waals surface area contributed by atoms with Gasteiger partial charge < -0.3 is 10.1 Å². The number of amides is 1. The first-order valence-electron chi connectivity index (χ1n) is 8.87. The number of carbonyl (C=O) groups excluding carboxylic acids is 1. The Bertz CT molecular complexity index is 742. The average molecular weight is 358 g/mol. The highest BCUT2D eigenvalue weighted by atomic mass is 35.5. The molecule has 1 N–H and O–H groups in total. The Kier molecular flexibility index (Phi) is 5.64. The van der Waals surface area contributed by atoms with E-state index in [1.807, 2.05) is 6.92 Å². The fourth-order valence-electron chi connectivity index (χ4n) is 3.21. The smallest absolute Gasteiger partial charge is 0.261 e. The highest BCUT2D eigenvalue weighted by Gasteiger charge is 2.19. The molecule has 0 bridgehead atoms. The van der Waals surface area contributed by atoms with Gasteiger partial charge in [-0.1, -0.05) is 29.8 Å². The van der Waals surface area contributed by atoms with Crippen LogP contribution in [-0.4, -0.2) is 12.0 Å². The summed E-state index contributed by atoms with van der Waals surface area (Å²) in [6, 6.07) is 13.5. The van der Waals surface area contributed by atoms with Gasteiger partial charge in [-0.05, 0) is 80.5 Å². The summed E-state index contributed by atoms with van der Waals surface area (Å²) >= 11 is 5.86. The molecule has 0 unspecified atom stereocenters. The third kappa shape index (κ3) is 4.55. The largest absolute Gasteiger partial charge is 0.481 e. The van der Waals surface area contributed by atoms with Crippen molar-refractivity contribution in [1.82, 2.24) is 5.32 Å². The van der Waals surface area contributed by atoms with E-state index in [-0.39, 0.29) is 11.9 Å². The molecule has 1 amide bonds. The second kappa shape index (κ2) is 7.92. The van der Waals surface area contributed by atoms with Crippen molar-refractivity contribution in [3.63, 3.8) is 0 Å². The normalized spacial score (nSPS) is 15.8. The molecule has 0 saturated heterocycles. The van der Waals surface area contributed by atoms with Gasteiger partial charge >= 0.3 is 0 Å². The lowest BCUT2D eigenvalue weighted by molar-refractivity contribution is -0.127. The summed E-state index contributed by atoms with van der Waals surface area (Å²) in [5, 5.41) is 3.69. The summed E-state index contributed by atoms with van der Waals surface area (Å²) < 4.78 is 5.69. The molecule has 2 atom stereocenters. The third-order valence-electron chi connectivity index (χ3n) is 4.73. The maximum Gasteiger partial charge on any atom is 0.261 e. The molecule has 1 aliphatic carbocycles. The summed E-state index contributed by atoms with van der Waals surface area (Å²) in [5.74, 6) is 0.508. The van der Waals surface area contributed by atoms with E-state index in [9.17, 15) is 4.79 Å². The first-order valence-corrected chi connectivity index (χ1v) is 9.25. The first-order chi connectivity index (χ1) is 12.0. The number of hydrogen-bond donors (Lipinski definition) is 1. The van der Waals surface area contributed by atoms with Gasteiger partial charge in [-0.2, -0.15) is 0 Å². The van der Waals surface area contributed by atoms with Crippen LogP contribution in [0, 0.1) is 0 Å². The molecule has 0 spiro atoms. The summed E-state index contributed by atoms with van der Waals surface area (Å²) in [5.41, 5.74) is 4.02. The SMILES string of the molecule is C[C@H](NC(=O)[C@@H](C)Oc1ccc(Cl)cc1)c1ccc2c(c1)CCCC2. The number of hydrogen-bond acceptors (Lipinski definition) is 2. The fraction of sp³-hybridized carbons (Fsp3) is 0.381. The summed E-state index contributed by atoms with van der Waals surface area (Å²) in [4.78, 5) is 12.4. The molecule has 1 aliphatic rings. The van der Waals surface area contributed by atoms with Crippen LogP contribution in [0.3, 0.4) is 0 Å². The first kappa shape index (κ1) is 17.8. The van der Waals surface area contributed by atoms with Crippen LogP contribution < -0.4 is 10.1 Å². The van der Waals surface area contributed by atoms with E-state index in [0.29, 0.717) is 10.8 Å². The second-order valence-electron chi connectivity index (χ2n) is 6.68. The highest BCUT2D eigenvalue weighted by molar-refractivity contribution is 6.30. The Morgan fingerprint density at radius 3 is 2.44 bits per heavy atom. The molecule has 0 heterocycles. The van der Waals surface area contributed by atoms with Gasteiger partial charge in [-0.25, -0.2) is 0 Å².